The molecule has 0 saturated carbocycles. The molecule has 3 aromatic rings. The van der Waals surface area contributed by atoms with E-state index in [1.807, 2.05) is 18.2 Å². The standard InChI is InChI=1S/C20H15ClN2O3/c21-14-10-12-15(13-11-14)22-19(24)20(25)23-17-8-4-5-9-18(17)26-16-6-2-1-3-7-16/h1-13H,(H,22,24)(H,23,25). The Balaban J connectivity index is 1.69. The lowest BCUT2D eigenvalue weighted by Gasteiger charge is -2.12. The van der Waals surface area contributed by atoms with Crippen LogP contribution in [0.15, 0.2) is 78.9 Å². The highest BCUT2D eigenvalue weighted by molar-refractivity contribution is 6.43. The number of amides is 2. The molecule has 0 aromatic heterocycles. The third kappa shape index (κ3) is 4.62. The number of anilines is 2. The Morgan fingerprint density at radius 2 is 1.35 bits per heavy atom. The van der Waals surface area contributed by atoms with Crippen LogP contribution >= 0.6 is 11.6 Å². The molecule has 0 saturated heterocycles. The molecular weight excluding hydrogens is 352 g/mol. The summed E-state index contributed by atoms with van der Waals surface area (Å²) >= 11 is 5.80. The Bertz CT molecular complexity index is 912. The summed E-state index contributed by atoms with van der Waals surface area (Å²) in [5.41, 5.74) is 0.871. The van der Waals surface area contributed by atoms with Crippen molar-refractivity contribution in [2.75, 3.05) is 10.6 Å². The van der Waals surface area contributed by atoms with Gasteiger partial charge in [0.15, 0.2) is 5.75 Å². The predicted molar refractivity (Wildman–Crippen MR) is 102 cm³/mol. The quantitative estimate of drug-likeness (QED) is 0.657. The van der Waals surface area contributed by atoms with Crippen LogP contribution in [0.3, 0.4) is 0 Å². The van der Waals surface area contributed by atoms with Crippen LogP contribution in [0.2, 0.25) is 5.02 Å². The molecule has 3 rings (SSSR count). The fourth-order valence-electron chi connectivity index (χ4n) is 2.17. The smallest absolute Gasteiger partial charge is 0.314 e. The normalized spacial score (nSPS) is 10.0. The summed E-state index contributed by atoms with van der Waals surface area (Å²) in [6, 6.07) is 22.5. The van der Waals surface area contributed by atoms with Gasteiger partial charge < -0.3 is 15.4 Å². The molecular formula is C20H15ClN2O3. The molecule has 0 fully saturated rings. The molecule has 2 amide bonds. The van der Waals surface area contributed by atoms with Gasteiger partial charge in [-0.05, 0) is 48.5 Å². The number of carbonyl (C=O) groups excluding carboxylic acids is 2. The third-order valence-electron chi connectivity index (χ3n) is 3.41. The minimum absolute atomic E-state index is 0.396. The minimum atomic E-state index is -0.802. The summed E-state index contributed by atoms with van der Waals surface area (Å²) in [6.07, 6.45) is 0. The maximum Gasteiger partial charge on any atom is 0.314 e. The molecule has 0 aliphatic carbocycles. The van der Waals surface area contributed by atoms with E-state index in [4.69, 9.17) is 16.3 Å². The second-order valence-electron chi connectivity index (χ2n) is 5.33. The zero-order chi connectivity index (χ0) is 18.4. The van der Waals surface area contributed by atoms with E-state index in [0.29, 0.717) is 27.9 Å². The number of hydrogen-bond acceptors (Lipinski definition) is 3. The van der Waals surface area contributed by atoms with E-state index in [-0.39, 0.29) is 0 Å². The lowest BCUT2D eigenvalue weighted by Crippen LogP contribution is -2.29. The highest BCUT2D eigenvalue weighted by Crippen LogP contribution is 2.29. The van der Waals surface area contributed by atoms with Gasteiger partial charge in [0.25, 0.3) is 0 Å². The maximum absolute atomic E-state index is 12.2. The Labute approximate surface area is 155 Å². The van der Waals surface area contributed by atoms with Gasteiger partial charge in [-0.3, -0.25) is 9.59 Å². The predicted octanol–water partition coefficient (Wildman–Crippen LogP) is 4.71. The van der Waals surface area contributed by atoms with Crippen LogP contribution in [0.4, 0.5) is 11.4 Å². The molecule has 0 atom stereocenters. The molecule has 130 valence electrons. The molecule has 0 bridgehead atoms. The average Bonchev–Trinajstić information content (AvgIpc) is 2.66. The van der Waals surface area contributed by atoms with Crippen LogP contribution in [0.5, 0.6) is 11.5 Å². The Hall–Kier alpha value is -3.31. The van der Waals surface area contributed by atoms with Crippen molar-refractivity contribution in [3.05, 3.63) is 83.9 Å². The second kappa shape index (κ2) is 8.18. The van der Waals surface area contributed by atoms with Gasteiger partial charge >= 0.3 is 11.8 Å². The van der Waals surface area contributed by atoms with Crippen molar-refractivity contribution in [3.63, 3.8) is 0 Å². The zero-order valence-corrected chi connectivity index (χ0v) is 14.4. The Morgan fingerprint density at radius 1 is 0.731 bits per heavy atom. The molecule has 6 heteroatoms. The fourth-order valence-corrected chi connectivity index (χ4v) is 2.30. The number of carbonyl (C=O) groups is 2. The molecule has 26 heavy (non-hydrogen) atoms. The van der Waals surface area contributed by atoms with Gasteiger partial charge in [0.1, 0.15) is 5.75 Å². The molecule has 0 unspecified atom stereocenters. The number of ether oxygens (including phenoxy) is 1. The van der Waals surface area contributed by atoms with Crippen molar-refractivity contribution in [3.8, 4) is 11.5 Å². The van der Waals surface area contributed by atoms with Gasteiger partial charge in [0, 0.05) is 10.7 Å². The highest BCUT2D eigenvalue weighted by atomic mass is 35.5. The molecule has 0 radical (unpaired) electrons. The summed E-state index contributed by atoms with van der Waals surface area (Å²) in [4.78, 5) is 24.3. The highest BCUT2D eigenvalue weighted by Gasteiger charge is 2.16. The minimum Gasteiger partial charge on any atom is -0.455 e. The van der Waals surface area contributed by atoms with Crippen LogP contribution in [0.25, 0.3) is 0 Å². The molecule has 5 nitrogen and oxygen atoms in total. The summed E-state index contributed by atoms with van der Waals surface area (Å²) < 4.78 is 5.76. The number of rotatable bonds is 4. The van der Waals surface area contributed by atoms with E-state index in [2.05, 4.69) is 10.6 Å². The molecule has 0 heterocycles. The lowest BCUT2D eigenvalue weighted by molar-refractivity contribution is -0.133. The van der Waals surface area contributed by atoms with Gasteiger partial charge in [-0.1, -0.05) is 41.9 Å². The van der Waals surface area contributed by atoms with Gasteiger partial charge in [-0.25, -0.2) is 0 Å². The second-order valence-corrected chi connectivity index (χ2v) is 5.76. The molecule has 0 aliphatic heterocycles. The summed E-state index contributed by atoms with van der Waals surface area (Å²) in [7, 11) is 0. The first-order valence-electron chi connectivity index (χ1n) is 7.81. The van der Waals surface area contributed by atoms with Crippen LogP contribution in [0.1, 0.15) is 0 Å². The van der Waals surface area contributed by atoms with Crippen LogP contribution < -0.4 is 15.4 Å². The van der Waals surface area contributed by atoms with E-state index in [1.165, 1.54) is 0 Å². The van der Waals surface area contributed by atoms with E-state index >= 15 is 0 Å². The fraction of sp³-hybridized carbons (Fsp3) is 0. The van der Waals surface area contributed by atoms with Gasteiger partial charge in [0.05, 0.1) is 5.69 Å². The van der Waals surface area contributed by atoms with E-state index < -0.39 is 11.8 Å². The Kier molecular flexibility index (Phi) is 5.51. The first-order valence-corrected chi connectivity index (χ1v) is 8.19. The van der Waals surface area contributed by atoms with Crippen LogP contribution in [-0.2, 0) is 9.59 Å². The monoisotopic (exact) mass is 366 g/mol. The molecule has 0 aliphatic rings. The van der Waals surface area contributed by atoms with Crippen LogP contribution in [0, 0.1) is 0 Å². The topological polar surface area (TPSA) is 67.4 Å². The average molecular weight is 367 g/mol. The molecule has 2 N–H and O–H groups in total. The van der Waals surface area contributed by atoms with Crippen molar-refractivity contribution in [1.29, 1.82) is 0 Å². The van der Waals surface area contributed by atoms with Crippen molar-refractivity contribution in [1.82, 2.24) is 0 Å². The van der Waals surface area contributed by atoms with Gasteiger partial charge in [0.2, 0.25) is 0 Å². The summed E-state index contributed by atoms with van der Waals surface area (Å²) in [5, 5.41) is 5.61. The number of nitrogens with one attached hydrogen (secondary N) is 2. The summed E-state index contributed by atoms with van der Waals surface area (Å²) in [6.45, 7) is 0. The Morgan fingerprint density at radius 3 is 2.08 bits per heavy atom. The number of hydrogen-bond donors (Lipinski definition) is 2. The van der Waals surface area contributed by atoms with E-state index in [9.17, 15) is 9.59 Å². The molecule has 0 spiro atoms. The van der Waals surface area contributed by atoms with Crippen molar-refractivity contribution in [2.45, 2.75) is 0 Å². The SMILES string of the molecule is O=C(Nc1ccc(Cl)cc1)C(=O)Nc1ccccc1Oc1ccccc1. The maximum atomic E-state index is 12.2. The van der Waals surface area contributed by atoms with E-state index in [0.717, 1.165) is 0 Å². The number of benzene rings is 3. The van der Waals surface area contributed by atoms with Crippen molar-refractivity contribution < 1.29 is 14.3 Å². The first kappa shape index (κ1) is 17.5. The number of para-hydroxylation sites is 3. The van der Waals surface area contributed by atoms with Gasteiger partial charge in [-0.2, -0.15) is 0 Å². The zero-order valence-electron chi connectivity index (χ0n) is 13.6. The van der Waals surface area contributed by atoms with Crippen molar-refractivity contribution in [2.24, 2.45) is 0 Å². The summed E-state index contributed by atoms with van der Waals surface area (Å²) in [5.74, 6) is -0.531. The lowest BCUT2D eigenvalue weighted by atomic mass is 10.2. The van der Waals surface area contributed by atoms with Crippen molar-refractivity contribution >= 4 is 34.8 Å². The van der Waals surface area contributed by atoms with Crippen LogP contribution in [-0.4, -0.2) is 11.8 Å². The number of halogens is 1. The molecule has 3 aromatic carbocycles. The van der Waals surface area contributed by atoms with Gasteiger partial charge in [-0.15, -0.1) is 0 Å². The third-order valence-corrected chi connectivity index (χ3v) is 3.67. The largest absolute Gasteiger partial charge is 0.455 e. The first-order chi connectivity index (χ1) is 12.6. The van der Waals surface area contributed by atoms with E-state index in [1.54, 1.807) is 60.7 Å².